The number of amides is 1. The fourth-order valence-corrected chi connectivity index (χ4v) is 2.39. The zero-order valence-corrected chi connectivity index (χ0v) is 12.2. The maximum Gasteiger partial charge on any atom is 0.224 e. The van der Waals surface area contributed by atoms with Gasteiger partial charge in [-0.1, -0.05) is 18.2 Å². The van der Waals surface area contributed by atoms with Gasteiger partial charge in [0.15, 0.2) is 0 Å². The lowest BCUT2D eigenvalue weighted by Crippen LogP contribution is -2.17. The molecule has 0 aliphatic rings. The molecule has 0 aromatic heterocycles. The highest BCUT2D eigenvalue weighted by molar-refractivity contribution is 7.99. The molecular formula is C15H22N2OS. The van der Waals surface area contributed by atoms with Crippen LogP contribution < -0.4 is 11.1 Å². The van der Waals surface area contributed by atoms with E-state index < -0.39 is 0 Å². The highest BCUT2D eigenvalue weighted by Gasteiger charge is 2.07. The number of hydrogen-bond donors (Lipinski definition) is 2. The summed E-state index contributed by atoms with van der Waals surface area (Å²) >= 11 is 1.66. The van der Waals surface area contributed by atoms with Gasteiger partial charge in [-0.15, -0.1) is 18.3 Å². The summed E-state index contributed by atoms with van der Waals surface area (Å²) in [7, 11) is 0. The topological polar surface area (TPSA) is 55.1 Å². The Morgan fingerprint density at radius 2 is 2.26 bits per heavy atom. The SMILES string of the molecule is C=CCSc1ccccc1NC(=O)CCCC(C)N. The maximum absolute atomic E-state index is 11.8. The highest BCUT2D eigenvalue weighted by atomic mass is 32.2. The van der Waals surface area contributed by atoms with E-state index in [0.717, 1.165) is 29.2 Å². The number of benzene rings is 1. The number of para-hydroxylation sites is 1. The third-order valence-corrected chi connectivity index (χ3v) is 3.65. The van der Waals surface area contributed by atoms with Gasteiger partial charge in [-0.2, -0.15) is 0 Å². The summed E-state index contributed by atoms with van der Waals surface area (Å²) in [6.45, 7) is 5.66. The molecule has 0 saturated carbocycles. The quantitative estimate of drug-likeness (QED) is 0.566. The number of hydrogen-bond acceptors (Lipinski definition) is 3. The van der Waals surface area contributed by atoms with Crippen LogP contribution in [0.2, 0.25) is 0 Å². The van der Waals surface area contributed by atoms with Gasteiger partial charge in [0, 0.05) is 23.1 Å². The molecule has 1 aromatic rings. The van der Waals surface area contributed by atoms with Crippen molar-refractivity contribution in [1.82, 2.24) is 0 Å². The molecule has 1 rings (SSSR count). The van der Waals surface area contributed by atoms with Crippen LogP contribution in [0.4, 0.5) is 5.69 Å². The molecule has 0 spiro atoms. The summed E-state index contributed by atoms with van der Waals surface area (Å²) in [5, 5.41) is 2.96. The Bertz CT molecular complexity index is 418. The largest absolute Gasteiger partial charge is 0.328 e. The van der Waals surface area contributed by atoms with Crippen LogP contribution in [-0.4, -0.2) is 17.7 Å². The first-order chi connectivity index (χ1) is 9.13. The molecule has 104 valence electrons. The molecule has 3 nitrogen and oxygen atoms in total. The molecule has 0 bridgehead atoms. The number of carbonyl (C=O) groups excluding carboxylic acids is 1. The molecule has 19 heavy (non-hydrogen) atoms. The predicted molar refractivity (Wildman–Crippen MR) is 83.5 cm³/mol. The Kier molecular flexibility index (Phi) is 7.30. The third-order valence-electron chi connectivity index (χ3n) is 2.58. The van der Waals surface area contributed by atoms with Crippen LogP contribution in [0.15, 0.2) is 41.8 Å². The summed E-state index contributed by atoms with van der Waals surface area (Å²) in [6, 6.07) is 7.98. The minimum atomic E-state index is 0.0484. The van der Waals surface area contributed by atoms with Gasteiger partial charge in [0.25, 0.3) is 0 Å². The van der Waals surface area contributed by atoms with Crippen molar-refractivity contribution in [2.45, 2.75) is 37.1 Å². The molecule has 1 aromatic carbocycles. The molecule has 4 heteroatoms. The lowest BCUT2D eigenvalue weighted by molar-refractivity contribution is -0.116. The minimum absolute atomic E-state index is 0.0484. The van der Waals surface area contributed by atoms with E-state index >= 15 is 0 Å². The van der Waals surface area contributed by atoms with Gasteiger partial charge < -0.3 is 11.1 Å². The zero-order chi connectivity index (χ0) is 14.1. The van der Waals surface area contributed by atoms with Crippen LogP contribution >= 0.6 is 11.8 Å². The van der Waals surface area contributed by atoms with E-state index in [1.165, 1.54) is 0 Å². The Morgan fingerprint density at radius 3 is 2.95 bits per heavy atom. The van der Waals surface area contributed by atoms with E-state index in [2.05, 4.69) is 11.9 Å². The second-order valence-electron chi connectivity index (χ2n) is 4.51. The van der Waals surface area contributed by atoms with E-state index in [-0.39, 0.29) is 11.9 Å². The van der Waals surface area contributed by atoms with Crippen LogP contribution in [0, 0.1) is 0 Å². The lowest BCUT2D eigenvalue weighted by Gasteiger charge is -2.10. The maximum atomic E-state index is 11.8. The summed E-state index contributed by atoms with van der Waals surface area (Å²) < 4.78 is 0. The van der Waals surface area contributed by atoms with Crippen molar-refractivity contribution in [3.8, 4) is 0 Å². The monoisotopic (exact) mass is 278 g/mol. The molecule has 0 aliphatic carbocycles. The van der Waals surface area contributed by atoms with Crippen molar-refractivity contribution in [2.75, 3.05) is 11.1 Å². The van der Waals surface area contributed by atoms with Crippen LogP contribution in [0.25, 0.3) is 0 Å². The Morgan fingerprint density at radius 1 is 1.53 bits per heavy atom. The van der Waals surface area contributed by atoms with Gasteiger partial charge in [0.1, 0.15) is 0 Å². The molecule has 0 heterocycles. The molecule has 0 fully saturated rings. The van der Waals surface area contributed by atoms with Crippen LogP contribution in [0.1, 0.15) is 26.2 Å². The Balaban J connectivity index is 2.51. The van der Waals surface area contributed by atoms with Crippen LogP contribution in [0.3, 0.4) is 0 Å². The van der Waals surface area contributed by atoms with Gasteiger partial charge in [0.2, 0.25) is 5.91 Å². The van der Waals surface area contributed by atoms with Crippen molar-refractivity contribution in [3.63, 3.8) is 0 Å². The first kappa shape index (κ1) is 15.8. The number of nitrogens with two attached hydrogens (primary N) is 1. The third kappa shape index (κ3) is 6.45. The van der Waals surface area contributed by atoms with Crippen molar-refractivity contribution < 1.29 is 4.79 Å². The standard InChI is InChI=1S/C15H22N2OS/c1-3-11-19-14-9-5-4-8-13(14)17-15(18)10-6-7-12(2)16/h3-5,8-9,12H,1,6-7,10-11,16H2,2H3,(H,17,18). The number of nitrogens with one attached hydrogen (secondary N) is 1. The van der Waals surface area contributed by atoms with E-state index in [1.54, 1.807) is 11.8 Å². The van der Waals surface area contributed by atoms with Gasteiger partial charge >= 0.3 is 0 Å². The number of rotatable bonds is 8. The first-order valence-corrected chi connectivity index (χ1v) is 7.50. The van der Waals surface area contributed by atoms with E-state index in [4.69, 9.17) is 5.73 Å². The molecule has 3 N–H and O–H groups in total. The normalized spacial score (nSPS) is 11.9. The van der Waals surface area contributed by atoms with Gasteiger partial charge in [-0.25, -0.2) is 0 Å². The fourth-order valence-electron chi connectivity index (χ4n) is 1.64. The van der Waals surface area contributed by atoms with Crippen molar-refractivity contribution >= 4 is 23.4 Å². The molecule has 1 amide bonds. The second kappa shape index (κ2) is 8.77. The first-order valence-electron chi connectivity index (χ1n) is 6.51. The zero-order valence-electron chi connectivity index (χ0n) is 11.4. The summed E-state index contributed by atoms with van der Waals surface area (Å²) in [5.41, 5.74) is 6.54. The van der Waals surface area contributed by atoms with E-state index in [0.29, 0.717) is 6.42 Å². The van der Waals surface area contributed by atoms with E-state index in [9.17, 15) is 4.79 Å². The van der Waals surface area contributed by atoms with Gasteiger partial charge in [0.05, 0.1) is 5.69 Å². The van der Waals surface area contributed by atoms with Crippen LogP contribution in [0.5, 0.6) is 0 Å². The van der Waals surface area contributed by atoms with Crippen LogP contribution in [-0.2, 0) is 4.79 Å². The van der Waals surface area contributed by atoms with E-state index in [1.807, 2.05) is 37.3 Å². The summed E-state index contributed by atoms with van der Waals surface area (Å²) in [4.78, 5) is 12.9. The number of carbonyl (C=O) groups is 1. The highest BCUT2D eigenvalue weighted by Crippen LogP contribution is 2.27. The molecular weight excluding hydrogens is 256 g/mol. The minimum Gasteiger partial charge on any atom is -0.328 e. The molecule has 0 aliphatic heterocycles. The van der Waals surface area contributed by atoms with Crippen molar-refractivity contribution in [3.05, 3.63) is 36.9 Å². The average molecular weight is 278 g/mol. The Labute approximate surface area is 119 Å². The van der Waals surface area contributed by atoms with Crippen molar-refractivity contribution in [1.29, 1.82) is 0 Å². The molecule has 0 saturated heterocycles. The summed E-state index contributed by atoms with van der Waals surface area (Å²) in [6.07, 6.45) is 4.07. The number of anilines is 1. The average Bonchev–Trinajstić information content (AvgIpc) is 2.37. The lowest BCUT2D eigenvalue weighted by atomic mass is 10.1. The van der Waals surface area contributed by atoms with Gasteiger partial charge in [-0.3, -0.25) is 4.79 Å². The fraction of sp³-hybridized carbons (Fsp3) is 0.400. The van der Waals surface area contributed by atoms with Gasteiger partial charge in [-0.05, 0) is 31.9 Å². The molecule has 1 atom stereocenters. The summed E-state index contributed by atoms with van der Waals surface area (Å²) in [5.74, 6) is 0.879. The number of thioether (sulfide) groups is 1. The Hall–Kier alpha value is -1.26. The molecule has 0 radical (unpaired) electrons. The van der Waals surface area contributed by atoms with Crippen molar-refractivity contribution in [2.24, 2.45) is 5.73 Å². The molecule has 1 unspecified atom stereocenters. The smallest absolute Gasteiger partial charge is 0.224 e. The predicted octanol–water partition coefficient (Wildman–Crippen LogP) is 3.42. The second-order valence-corrected chi connectivity index (χ2v) is 5.58.